The molecule has 7 N–H and O–H groups in total. The second-order valence-electron chi connectivity index (χ2n) is 9.65. The minimum absolute atomic E-state index is 0.0225. The summed E-state index contributed by atoms with van der Waals surface area (Å²) in [7, 11) is 0. The molecule has 46 heavy (non-hydrogen) atoms. The maximum atomic E-state index is 13.9. The molecule has 0 saturated heterocycles. The first-order valence-corrected chi connectivity index (χ1v) is 11.3. The molecule has 0 aliphatic carbocycles. The van der Waals surface area contributed by atoms with Crippen LogP contribution in [-0.4, -0.2) is 52.4 Å². The fourth-order valence-corrected chi connectivity index (χ4v) is 4.67. The van der Waals surface area contributed by atoms with Crippen molar-refractivity contribution in [1.82, 2.24) is 0 Å². The molecule has 0 aliphatic heterocycles. The van der Waals surface area contributed by atoms with E-state index in [1.54, 1.807) is 0 Å². The van der Waals surface area contributed by atoms with Crippen molar-refractivity contribution < 1.29 is 94.3 Å². The van der Waals surface area contributed by atoms with Crippen LogP contribution in [-0.2, 0) is 16.8 Å². The molecule has 3 aromatic carbocycles. The first kappa shape index (κ1) is 36.9. The number of hydrogen-bond acceptors (Lipinski definition) is 5. The Hall–Kier alpha value is -3.60. The highest BCUT2D eigenvalue weighted by atomic mass is 19.4. The number of hydrogen-bond donors (Lipinski definition) is 5. The van der Waals surface area contributed by atoms with Crippen molar-refractivity contribution in [2.45, 2.75) is 53.9 Å². The zero-order valence-corrected chi connectivity index (χ0v) is 21.2. The summed E-state index contributed by atoms with van der Waals surface area (Å²) < 4.78 is 248. The second-order valence-corrected chi connectivity index (χ2v) is 9.65. The molecular formula is C23H12F18N2O3. The van der Waals surface area contributed by atoms with Crippen LogP contribution in [0.5, 0.6) is 0 Å². The summed E-state index contributed by atoms with van der Waals surface area (Å²) in [6.45, 7) is 0. The van der Waals surface area contributed by atoms with Gasteiger partial charge in [0.05, 0.1) is 0 Å². The number of nitrogen functional groups attached to an aromatic ring is 2. The third-order valence-corrected chi connectivity index (χ3v) is 6.95. The van der Waals surface area contributed by atoms with Gasteiger partial charge in [-0.05, 0) is 39.7 Å². The number of aliphatic hydroxyl groups is 3. The zero-order valence-electron chi connectivity index (χ0n) is 21.2. The average Bonchev–Trinajstić information content (AvgIpc) is 2.82. The van der Waals surface area contributed by atoms with Crippen LogP contribution < -0.4 is 11.5 Å². The van der Waals surface area contributed by atoms with Gasteiger partial charge in [0.1, 0.15) is 0 Å². The lowest BCUT2D eigenvalue weighted by molar-refractivity contribution is -0.377. The van der Waals surface area contributed by atoms with Gasteiger partial charge in [0.25, 0.3) is 16.8 Å². The summed E-state index contributed by atoms with van der Waals surface area (Å²) in [5.41, 5.74) is -21.9. The largest absolute Gasteiger partial charge is 0.430 e. The molecule has 0 aliphatic rings. The molecule has 0 fully saturated rings. The molecule has 0 spiro atoms. The minimum atomic E-state index is -7.12. The summed E-state index contributed by atoms with van der Waals surface area (Å²) in [5.74, 6) is 0. The van der Waals surface area contributed by atoms with Gasteiger partial charge in [-0.3, -0.25) is 0 Å². The smallest absolute Gasteiger partial charge is 0.398 e. The van der Waals surface area contributed by atoms with Crippen LogP contribution in [0.1, 0.15) is 16.7 Å². The van der Waals surface area contributed by atoms with E-state index in [-0.39, 0.29) is 18.2 Å². The minimum Gasteiger partial charge on any atom is -0.398 e. The summed E-state index contributed by atoms with van der Waals surface area (Å²) in [6, 6.07) is -0.868. The predicted molar refractivity (Wildman–Crippen MR) is 118 cm³/mol. The van der Waals surface area contributed by atoms with Gasteiger partial charge in [-0.1, -0.05) is 12.1 Å². The number of rotatable bonds is 3. The number of fused-ring (bicyclic) bond motifs is 3. The van der Waals surface area contributed by atoms with E-state index in [2.05, 4.69) is 0 Å². The average molecular weight is 706 g/mol. The molecule has 0 aromatic heterocycles. The Bertz CT molecular complexity index is 1640. The molecule has 0 unspecified atom stereocenters. The monoisotopic (exact) mass is 706 g/mol. The Kier molecular flexibility index (Phi) is 7.98. The Morgan fingerprint density at radius 1 is 0.413 bits per heavy atom. The summed E-state index contributed by atoms with van der Waals surface area (Å²) in [4.78, 5) is 0. The number of benzene rings is 3. The Labute approximate surface area is 240 Å². The van der Waals surface area contributed by atoms with Gasteiger partial charge in [-0.15, -0.1) is 0 Å². The van der Waals surface area contributed by atoms with Crippen LogP contribution in [0.15, 0.2) is 30.3 Å². The summed E-state index contributed by atoms with van der Waals surface area (Å²) in [6.07, 6.45) is -42.0. The van der Waals surface area contributed by atoms with E-state index in [0.717, 1.165) is 0 Å². The lowest BCUT2D eigenvalue weighted by atomic mass is 9.79. The van der Waals surface area contributed by atoms with Gasteiger partial charge < -0.3 is 26.8 Å². The van der Waals surface area contributed by atoms with Gasteiger partial charge in [0.15, 0.2) is 0 Å². The molecule has 0 saturated carbocycles. The Balaban J connectivity index is 2.86. The van der Waals surface area contributed by atoms with E-state index in [9.17, 15) is 94.3 Å². The molecular weight excluding hydrogens is 694 g/mol. The first-order chi connectivity index (χ1) is 20.1. The highest BCUT2D eigenvalue weighted by Gasteiger charge is 2.76. The van der Waals surface area contributed by atoms with Gasteiger partial charge in [0.2, 0.25) is 0 Å². The summed E-state index contributed by atoms with van der Waals surface area (Å²) >= 11 is 0. The maximum absolute atomic E-state index is 13.9. The van der Waals surface area contributed by atoms with Gasteiger partial charge in [-0.25, -0.2) is 0 Å². The molecule has 0 atom stereocenters. The van der Waals surface area contributed by atoms with Crippen molar-refractivity contribution in [2.75, 3.05) is 11.5 Å². The van der Waals surface area contributed by atoms with Crippen LogP contribution in [0.25, 0.3) is 21.5 Å². The van der Waals surface area contributed by atoms with E-state index < -0.39 is 116 Å². The SMILES string of the molecule is Nc1cc2ccc3c(C(O)(C(F)(F)F)C(F)(F)F)c(N)c(C(O)(C(F)(F)F)C(F)(F)F)cc3c2cc1C(O)(C(F)(F)F)C(F)(F)F. The van der Waals surface area contributed by atoms with E-state index in [1.807, 2.05) is 0 Å². The Morgan fingerprint density at radius 2 is 0.761 bits per heavy atom. The molecule has 3 rings (SSSR count). The van der Waals surface area contributed by atoms with Crippen LogP contribution in [0.2, 0.25) is 0 Å². The van der Waals surface area contributed by atoms with Crippen molar-refractivity contribution >= 4 is 32.9 Å². The molecule has 3 aromatic rings. The van der Waals surface area contributed by atoms with Crippen molar-refractivity contribution in [3.05, 3.63) is 47.0 Å². The lowest BCUT2D eigenvalue weighted by Gasteiger charge is -2.38. The molecule has 0 bridgehead atoms. The third-order valence-electron chi connectivity index (χ3n) is 6.95. The molecule has 5 nitrogen and oxygen atoms in total. The number of alkyl halides is 18. The molecule has 0 amide bonds. The van der Waals surface area contributed by atoms with E-state index in [1.165, 1.54) is 0 Å². The van der Waals surface area contributed by atoms with Gasteiger partial charge in [-0.2, -0.15) is 79.0 Å². The quantitative estimate of drug-likeness (QED) is 0.114. The molecule has 0 heterocycles. The van der Waals surface area contributed by atoms with Crippen LogP contribution >= 0.6 is 0 Å². The van der Waals surface area contributed by atoms with Crippen molar-refractivity contribution in [2.24, 2.45) is 0 Å². The number of anilines is 2. The fraction of sp³-hybridized carbons (Fsp3) is 0.391. The topological polar surface area (TPSA) is 113 Å². The van der Waals surface area contributed by atoms with Crippen molar-refractivity contribution in [1.29, 1.82) is 0 Å². The van der Waals surface area contributed by atoms with Crippen molar-refractivity contribution in [3.8, 4) is 0 Å². The third kappa shape index (κ3) is 4.88. The van der Waals surface area contributed by atoms with Crippen LogP contribution in [0, 0.1) is 0 Å². The summed E-state index contributed by atoms with van der Waals surface area (Å²) in [5, 5.41) is 23.3. The van der Waals surface area contributed by atoms with Gasteiger partial charge >= 0.3 is 37.1 Å². The molecule has 23 heteroatoms. The van der Waals surface area contributed by atoms with E-state index in [4.69, 9.17) is 11.5 Å². The van der Waals surface area contributed by atoms with Crippen LogP contribution in [0.4, 0.5) is 90.4 Å². The lowest BCUT2D eigenvalue weighted by Crippen LogP contribution is -2.56. The van der Waals surface area contributed by atoms with Gasteiger partial charge in [0, 0.05) is 28.1 Å². The van der Waals surface area contributed by atoms with Crippen LogP contribution in [0.3, 0.4) is 0 Å². The molecule has 258 valence electrons. The normalized spacial score (nSPS) is 15.2. The highest BCUT2D eigenvalue weighted by molar-refractivity contribution is 6.11. The Morgan fingerprint density at radius 3 is 1.13 bits per heavy atom. The number of halogens is 18. The van der Waals surface area contributed by atoms with E-state index >= 15 is 0 Å². The first-order valence-electron chi connectivity index (χ1n) is 11.3. The highest BCUT2D eigenvalue weighted by Crippen LogP contribution is 2.59. The molecule has 0 radical (unpaired) electrons. The standard InChI is InChI=1S/C23H12F18N2O3/c24-18(25,26)15(44,19(27,28)29)10-4-8-6(3-12(10)42)1-2-7-9(8)5-11(16(45,20(30,31)32)21(33,34)35)14(43)13(7)17(46,22(36,37)38)23(39,40)41/h1-5,44-46H,42-43H2. The number of nitrogens with two attached hydrogens (primary N) is 2. The van der Waals surface area contributed by atoms with E-state index in [0.29, 0.717) is 0 Å². The predicted octanol–water partition coefficient (Wildman–Crippen LogP) is 7.09. The van der Waals surface area contributed by atoms with Crippen molar-refractivity contribution in [3.63, 3.8) is 0 Å². The fourth-order valence-electron chi connectivity index (χ4n) is 4.67. The second kappa shape index (κ2) is 9.95. The maximum Gasteiger partial charge on any atom is 0.430 e. The zero-order chi connectivity index (χ0) is 36.2.